The maximum Gasteiger partial charge on any atom is 0.282 e. The lowest BCUT2D eigenvalue weighted by Crippen LogP contribution is -2.31. The molecule has 0 aliphatic rings. The number of nitrogens with one attached hydrogen (secondary N) is 1. The fourth-order valence-electron chi connectivity index (χ4n) is 2.89. The molecule has 0 fully saturated rings. The van der Waals surface area contributed by atoms with Gasteiger partial charge >= 0.3 is 0 Å². The maximum absolute atomic E-state index is 12.8. The maximum atomic E-state index is 12.8. The molecular weight excluding hydrogens is 366 g/mol. The molecule has 1 aromatic heterocycles. The standard InChI is InChI=1S/C20H20ClN3O3/c1-5-24-16-9-12(3)11(2)8-15(16)23-18(20(24)26)19(25)22-13-6-7-17(27-4)14(21)10-13/h6-10H,5H2,1-4H3,(H,22,25). The summed E-state index contributed by atoms with van der Waals surface area (Å²) in [5.74, 6) is -0.0822. The molecule has 1 N–H and O–H groups in total. The number of anilines is 1. The van der Waals surface area contributed by atoms with Crippen LogP contribution in [0, 0.1) is 13.8 Å². The van der Waals surface area contributed by atoms with Crippen LogP contribution in [0.1, 0.15) is 28.5 Å². The summed E-state index contributed by atoms with van der Waals surface area (Å²) in [7, 11) is 1.51. The smallest absolute Gasteiger partial charge is 0.282 e. The van der Waals surface area contributed by atoms with Crippen LogP contribution in [0.4, 0.5) is 5.69 Å². The minimum absolute atomic E-state index is 0.153. The molecule has 0 aliphatic heterocycles. The van der Waals surface area contributed by atoms with Crippen LogP contribution in [-0.4, -0.2) is 22.6 Å². The Morgan fingerprint density at radius 1 is 1.22 bits per heavy atom. The summed E-state index contributed by atoms with van der Waals surface area (Å²) < 4.78 is 6.66. The van der Waals surface area contributed by atoms with Crippen molar-refractivity contribution in [2.75, 3.05) is 12.4 Å². The van der Waals surface area contributed by atoms with Crippen LogP contribution in [0.3, 0.4) is 0 Å². The second kappa shape index (κ2) is 7.40. The molecule has 0 saturated carbocycles. The van der Waals surface area contributed by atoms with Crippen molar-refractivity contribution in [3.05, 3.63) is 62.5 Å². The van der Waals surface area contributed by atoms with Crippen molar-refractivity contribution in [3.8, 4) is 5.75 Å². The van der Waals surface area contributed by atoms with E-state index in [1.165, 1.54) is 7.11 Å². The van der Waals surface area contributed by atoms with E-state index in [9.17, 15) is 9.59 Å². The highest BCUT2D eigenvalue weighted by Gasteiger charge is 2.18. The third kappa shape index (κ3) is 3.53. The summed E-state index contributed by atoms with van der Waals surface area (Å²) in [6.45, 7) is 6.25. The van der Waals surface area contributed by atoms with Crippen LogP contribution in [0.5, 0.6) is 5.75 Å². The second-order valence-electron chi connectivity index (χ2n) is 6.24. The molecule has 3 rings (SSSR count). The van der Waals surface area contributed by atoms with Crippen LogP contribution < -0.4 is 15.6 Å². The normalized spacial score (nSPS) is 10.9. The number of fused-ring (bicyclic) bond motifs is 1. The predicted molar refractivity (Wildman–Crippen MR) is 107 cm³/mol. The monoisotopic (exact) mass is 385 g/mol. The zero-order valence-electron chi connectivity index (χ0n) is 15.6. The second-order valence-corrected chi connectivity index (χ2v) is 6.65. The molecule has 0 radical (unpaired) electrons. The van der Waals surface area contributed by atoms with Crippen molar-refractivity contribution in [1.29, 1.82) is 0 Å². The molecule has 0 saturated heterocycles. The van der Waals surface area contributed by atoms with Crippen LogP contribution in [-0.2, 0) is 6.54 Å². The van der Waals surface area contributed by atoms with Gasteiger partial charge in [-0.15, -0.1) is 0 Å². The Morgan fingerprint density at radius 3 is 2.56 bits per heavy atom. The summed E-state index contributed by atoms with van der Waals surface area (Å²) in [4.78, 5) is 29.8. The minimum Gasteiger partial charge on any atom is -0.495 e. The fourth-order valence-corrected chi connectivity index (χ4v) is 3.15. The van der Waals surface area contributed by atoms with E-state index in [4.69, 9.17) is 16.3 Å². The molecule has 0 aliphatic carbocycles. The highest BCUT2D eigenvalue weighted by molar-refractivity contribution is 6.32. The SMILES string of the molecule is CCn1c(=O)c(C(=O)Nc2ccc(OC)c(Cl)c2)nc2cc(C)c(C)cc21. The molecular formula is C20H20ClN3O3. The average molecular weight is 386 g/mol. The summed E-state index contributed by atoms with van der Waals surface area (Å²) in [5.41, 5.74) is 3.31. The first-order valence-electron chi connectivity index (χ1n) is 8.52. The first-order chi connectivity index (χ1) is 12.8. The number of benzene rings is 2. The van der Waals surface area contributed by atoms with Crippen LogP contribution >= 0.6 is 11.6 Å². The molecule has 0 atom stereocenters. The van der Waals surface area contributed by atoms with E-state index in [0.29, 0.717) is 28.5 Å². The topological polar surface area (TPSA) is 73.2 Å². The van der Waals surface area contributed by atoms with Crippen LogP contribution in [0.15, 0.2) is 35.1 Å². The molecule has 6 nitrogen and oxygen atoms in total. The number of aromatic nitrogens is 2. The predicted octanol–water partition coefficient (Wildman–Crippen LogP) is 3.95. The number of ether oxygens (including phenoxy) is 1. The van der Waals surface area contributed by atoms with Gasteiger partial charge in [0.05, 0.1) is 23.2 Å². The Hall–Kier alpha value is -2.86. The van der Waals surface area contributed by atoms with Gasteiger partial charge in [0, 0.05) is 12.2 Å². The minimum atomic E-state index is -0.580. The highest BCUT2D eigenvalue weighted by Crippen LogP contribution is 2.27. The average Bonchev–Trinajstić information content (AvgIpc) is 2.63. The van der Waals surface area contributed by atoms with Gasteiger partial charge in [-0.2, -0.15) is 0 Å². The molecule has 0 bridgehead atoms. The third-order valence-corrected chi connectivity index (χ3v) is 4.80. The van der Waals surface area contributed by atoms with E-state index in [-0.39, 0.29) is 5.69 Å². The van der Waals surface area contributed by atoms with Crippen molar-refractivity contribution in [3.63, 3.8) is 0 Å². The van der Waals surface area contributed by atoms with E-state index in [2.05, 4.69) is 10.3 Å². The van der Waals surface area contributed by atoms with E-state index in [1.54, 1.807) is 22.8 Å². The molecule has 3 aromatic rings. The van der Waals surface area contributed by atoms with Gasteiger partial charge in [-0.25, -0.2) is 4.98 Å². The van der Waals surface area contributed by atoms with Crippen molar-refractivity contribution in [1.82, 2.24) is 9.55 Å². The zero-order valence-corrected chi connectivity index (χ0v) is 16.3. The van der Waals surface area contributed by atoms with Crippen molar-refractivity contribution >= 4 is 34.2 Å². The van der Waals surface area contributed by atoms with Gasteiger partial charge in [-0.05, 0) is 62.2 Å². The molecule has 1 heterocycles. The van der Waals surface area contributed by atoms with Gasteiger partial charge in [0.2, 0.25) is 0 Å². The highest BCUT2D eigenvalue weighted by atomic mass is 35.5. The summed E-state index contributed by atoms with van der Waals surface area (Å²) in [6.07, 6.45) is 0. The number of hydrogen-bond donors (Lipinski definition) is 1. The van der Waals surface area contributed by atoms with Gasteiger partial charge in [-0.3, -0.25) is 9.59 Å². The Kier molecular flexibility index (Phi) is 5.19. The molecule has 7 heteroatoms. The van der Waals surface area contributed by atoms with E-state index >= 15 is 0 Å². The molecule has 140 valence electrons. The van der Waals surface area contributed by atoms with Crippen molar-refractivity contribution < 1.29 is 9.53 Å². The van der Waals surface area contributed by atoms with Gasteiger partial charge in [0.1, 0.15) is 5.75 Å². The quantitative estimate of drug-likeness (QED) is 0.738. The number of carbonyl (C=O) groups excluding carboxylic acids is 1. The number of amides is 1. The zero-order chi connectivity index (χ0) is 19.7. The Bertz CT molecular complexity index is 1110. The molecule has 1 amide bonds. The number of halogens is 1. The van der Waals surface area contributed by atoms with E-state index in [0.717, 1.165) is 16.6 Å². The first-order valence-corrected chi connectivity index (χ1v) is 8.90. The summed E-state index contributed by atoms with van der Waals surface area (Å²) in [6, 6.07) is 8.66. The Balaban J connectivity index is 2.06. The van der Waals surface area contributed by atoms with E-state index in [1.807, 2.05) is 32.9 Å². The summed E-state index contributed by atoms with van der Waals surface area (Å²) in [5, 5.41) is 3.04. The number of methoxy groups -OCH3 is 1. The van der Waals surface area contributed by atoms with Crippen molar-refractivity contribution in [2.45, 2.75) is 27.3 Å². The third-order valence-electron chi connectivity index (χ3n) is 4.50. The van der Waals surface area contributed by atoms with Gasteiger partial charge in [0.15, 0.2) is 5.69 Å². The number of aryl methyl sites for hydroxylation is 3. The number of nitrogens with zero attached hydrogens (tertiary/aromatic N) is 2. The van der Waals surface area contributed by atoms with Crippen molar-refractivity contribution in [2.24, 2.45) is 0 Å². The molecule has 27 heavy (non-hydrogen) atoms. The lowest BCUT2D eigenvalue weighted by atomic mass is 10.1. The first kappa shape index (κ1) is 18.9. The van der Waals surface area contributed by atoms with Crippen LogP contribution in [0.25, 0.3) is 11.0 Å². The van der Waals surface area contributed by atoms with Gasteiger partial charge < -0.3 is 14.6 Å². The number of rotatable bonds is 4. The summed E-state index contributed by atoms with van der Waals surface area (Å²) >= 11 is 6.09. The molecule has 0 spiro atoms. The lowest BCUT2D eigenvalue weighted by Gasteiger charge is -2.13. The van der Waals surface area contributed by atoms with Gasteiger partial charge in [-0.1, -0.05) is 11.6 Å². The number of carbonyl (C=O) groups is 1. The van der Waals surface area contributed by atoms with E-state index < -0.39 is 11.5 Å². The molecule has 2 aromatic carbocycles. The fraction of sp³-hybridized carbons (Fsp3) is 0.250. The molecule has 0 unspecified atom stereocenters. The van der Waals surface area contributed by atoms with Gasteiger partial charge in [0.25, 0.3) is 11.5 Å². The Labute approximate surface area is 161 Å². The van der Waals surface area contributed by atoms with Crippen LogP contribution in [0.2, 0.25) is 5.02 Å². The lowest BCUT2D eigenvalue weighted by molar-refractivity contribution is 0.102. The largest absolute Gasteiger partial charge is 0.495 e. The Morgan fingerprint density at radius 2 is 1.93 bits per heavy atom. The number of hydrogen-bond acceptors (Lipinski definition) is 4.